The van der Waals surface area contributed by atoms with Crippen molar-refractivity contribution in [2.45, 2.75) is 58.5 Å². The molecule has 3 nitrogen and oxygen atoms in total. The first-order chi connectivity index (χ1) is 9.28. The lowest BCUT2D eigenvalue weighted by Gasteiger charge is -2.42. The Hall–Kier alpha value is -0.120. The van der Waals surface area contributed by atoms with Crippen molar-refractivity contribution in [3.8, 4) is 0 Å². The number of piperidine rings is 1. The highest BCUT2D eigenvalue weighted by Crippen LogP contribution is 2.33. The van der Waals surface area contributed by atoms with Crippen LogP contribution in [-0.4, -0.2) is 50.3 Å². The molecule has 2 aliphatic heterocycles. The summed E-state index contributed by atoms with van der Waals surface area (Å²) in [7, 11) is 0. The van der Waals surface area contributed by atoms with E-state index in [0.29, 0.717) is 11.5 Å². The third-order valence-corrected chi connectivity index (χ3v) is 4.83. The van der Waals surface area contributed by atoms with Crippen LogP contribution in [0.15, 0.2) is 0 Å². The van der Waals surface area contributed by atoms with Gasteiger partial charge in [-0.15, -0.1) is 0 Å². The molecule has 0 aromatic heterocycles. The number of nitrogens with one attached hydrogen (secondary N) is 1. The van der Waals surface area contributed by atoms with Gasteiger partial charge in [-0.3, -0.25) is 0 Å². The van der Waals surface area contributed by atoms with E-state index in [1.165, 1.54) is 58.2 Å². The molecule has 19 heavy (non-hydrogen) atoms. The predicted octanol–water partition coefficient (Wildman–Crippen LogP) is 2.66. The number of likely N-dealkylation sites (N-methyl/N-ethyl adjacent to an activating group) is 1. The summed E-state index contributed by atoms with van der Waals surface area (Å²) in [6.45, 7) is 11.6. The lowest BCUT2D eigenvalue weighted by molar-refractivity contribution is 0.0458. The molecule has 0 spiro atoms. The minimum Gasteiger partial charge on any atom is -0.377 e. The lowest BCUT2D eigenvalue weighted by Crippen LogP contribution is -2.49. The van der Waals surface area contributed by atoms with E-state index in [4.69, 9.17) is 4.74 Å². The van der Waals surface area contributed by atoms with Crippen LogP contribution >= 0.6 is 0 Å². The molecule has 2 atom stereocenters. The van der Waals surface area contributed by atoms with Gasteiger partial charge in [-0.2, -0.15) is 0 Å². The summed E-state index contributed by atoms with van der Waals surface area (Å²) in [6, 6.07) is 0. The SMILES string of the molecule is CCCC1(CN(CC)CC2CCCO2)CCCNC1. The highest BCUT2D eigenvalue weighted by atomic mass is 16.5. The quantitative estimate of drug-likeness (QED) is 0.768. The van der Waals surface area contributed by atoms with E-state index in [0.717, 1.165) is 19.7 Å². The number of ether oxygens (including phenoxy) is 1. The molecule has 0 amide bonds. The number of hydrogen-bond donors (Lipinski definition) is 1. The van der Waals surface area contributed by atoms with Crippen molar-refractivity contribution in [2.75, 3.05) is 39.3 Å². The Kier molecular flexibility index (Phi) is 6.11. The van der Waals surface area contributed by atoms with Crippen LogP contribution in [0.2, 0.25) is 0 Å². The molecule has 1 N–H and O–H groups in total. The van der Waals surface area contributed by atoms with Gasteiger partial charge < -0.3 is 15.0 Å². The first-order valence-corrected chi connectivity index (χ1v) is 8.33. The van der Waals surface area contributed by atoms with E-state index in [1.54, 1.807) is 0 Å². The van der Waals surface area contributed by atoms with Gasteiger partial charge in [0.2, 0.25) is 0 Å². The first kappa shape index (κ1) is 15.3. The third-order valence-electron chi connectivity index (χ3n) is 4.83. The second-order valence-corrected chi connectivity index (χ2v) is 6.49. The van der Waals surface area contributed by atoms with Gasteiger partial charge >= 0.3 is 0 Å². The van der Waals surface area contributed by atoms with Crippen LogP contribution in [0.1, 0.15) is 52.4 Å². The Balaban J connectivity index is 1.89. The van der Waals surface area contributed by atoms with Gasteiger partial charge in [0.15, 0.2) is 0 Å². The van der Waals surface area contributed by atoms with Crippen molar-refractivity contribution in [3.05, 3.63) is 0 Å². The minimum absolute atomic E-state index is 0.496. The molecule has 2 rings (SSSR count). The summed E-state index contributed by atoms with van der Waals surface area (Å²) >= 11 is 0. The zero-order chi connectivity index (χ0) is 13.6. The Morgan fingerprint density at radius 3 is 2.79 bits per heavy atom. The molecule has 112 valence electrons. The van der Waals surface area contributed by atoms with Crippen LogP contribution in [0.4, 0.5) is 0 Å². The molecular formula is C16H32N2O. The molecule has 2 saturated heterocycles. The molecule has 0 aromatic rings. The summed E-state index contributed by atoms with van der Waals surface area (Å²) in [5.41, 5.74) is 0.515. The first-order valence-electron chi connectivity index (χ1n) is 8.33. The highest BCUT2D eigenvalue weighted by Gasteiger charge is 2.33. The molecule has 0 saturated carbocycles. The Bertz CT molecular complexity index is 240. The van der Waals surface area contributed by atoms with Gasteiger partial charge in [0, 0.05) is 26.2 Å². The topological polar surface area (TPSA) is 24.5 Å². The van der Waals surface area contributed by atoms with Gasteiger partial charge in [-0.25, -0.2) is 0 Å². The molecule has 2 aliphatic rings. The molecule has 2 fully saturated rings. The molecule has 0 aromatic carbocycles. The maximum Gasteiger partial charge on any atom is 0.0702 e. The zero-order valence-electron chi connectivity index (χ0n) is 12.9. The van der Waals surface area contributed by atoms with E-state index >= 15 is 0 Å². The van der Waals surface area contributed by atoms with Crippen molar-refractivity contribution in [3.63, 3.8) is 0 Å². The predicted molar refractivity (Wildman–Crippen MR) is 80.5 cm³/mol. The van der Waals surface area contributed by atoms with Crippen LogP contribution in [0, 0.1) is 5.41 Å². The summed E-state index contributed by atoms with van der Waals surface area (Å²) in [4.78, 5) is 2.64. The second-order valence-electron chi connectivity index (χ2n) is 6.49. The fraction of sp³-hybridized carbons (Fsp3) is 1.00. The van der Waals surface area contributed by atoms with E-state index in [9.17, 15) is 0 Å². The largest absolute Gasteiger partial charge is 0.377 e. The standard InChI is InChI=1S/C16H32N2O/c1-3-8-16(9-6-10-17-13-16)14-18(4-2)12-15-7-5-11-19-15/h15,17H,3-14H2,1-2H3. The smallest absolute Gasteiger partial charge is 0.0702 e. The van der Waals surface area contributed by atoms with Gasteiger partial charge in [0.1, 0.15) is 0 Å². The van der Waals surface area contributed by atoms with Crippen LogP contribution in [0.5, 0.6) is 0 Å². The summed E-state index contributed by atoms with van der Waals surface area (Å²) in [6.07, 6.45) is 8.42. The number of rotatable bonds is 7. The average Bonchev–Trinajstić information content (AvgIpc) is 2.92. The summed E-state index contributed by atoms with van der Waals surface area (Å²) < 4.78 is 5.81. The molecule has 0 aliphatic carbocycles. The molecule has 2 unspecified atom stereocenters. The minimum atomic E-state index is 0.496. The average molecular weight is 268 g/mol. The highest BCUT2D eigenvalue weighted by molar-refractivity contribution is 4.88. The van der Waals surface area contributed by atoms with E-state index < -0.39 is 0 Å². The Morgan fingerprint density at radius 2 is 2.21 bits per heavy atom. The molecule has 0 bridgehead atoms. The van der Waals surface area contributed by atoms with Crippen molar-refractivity contribution in [1.29, 1.82) is 0 Å². The summed E-state index contributed by atoms with van der Waals surface area (Å²) in [5.74, 6) is 0. The Labute approximate surface area is 119 Å². The van der Waals surface area contributed by atoms with Crippen molar-refractivity contribution in [1.82, 2.24) is 10.2 Å². The van der Waals surface area contributed by atoms with Gasteiger partial charge in [-0.1, -0.05) is 20.3 Å². The van der Waals surface area contributed by atoms with E-state index in [2.05, 4.69) is 24.1 Å². The molecule has 2 heterocycles. The van der Waals surface area contributed by atoms with Crippen LogP contribution in [0.3, 0.4) is 0 Å². The van der Waals surface area contributed by atoms with Crippen LogP contribution < -0.4 is 5.32 Å². The number of nitrogens with zero attached hydrogens (tertiary/aromatic N) is 1. The van der Waals surface area contributed by atoms with Crippen LogP contribution in [0.25, 0.3) is 0 Å². The zero-order valence-corrected chi connectivity index (χ0v) is 12.9. The van der Waals surface area contributed by atoms with Crippen LogP contribution in [-0.2, 0) is 4.74 Å². The van der Waals surface area contributed by atoms with Gasteiger partial charge in [0.05, 0.1) is 6.10 Å². The fourth-order valence-corrected chi connectivity index (χ4v) is 3.84. The van der Waals surface area contributed by atoms with Crippen molar-refractivity contribution < 1.29 is 4.74 Å². The maximum atomic E-state index is 5.81. The lowest BCUT2D eigenvalue weighted by atomic mass is 9.76. The van der Waals surface area contributed by atoms with Crippen molar-refractivity contribution >= 4 is 0 Å². The third kappa shape index (κ3) is 4.44. The fourth-order valence-electron chi connectivity index (χ4n) is 3.84. The summed E-state index contributed by atoms with van der Waals surface area (Å²) in [5, 5.41) is 3.63. The molecular weight excluding hydrogens is 236 g/mol. The number of hydrogen-bond acceptors (Lipinski definition) is 3. The van der Waals surface area contributed by atoms with E-state index in [1.807, 2.05) is 0 Å². The normalized spacial score (nSPS) is 32.1. The maximum absolute atomic E-state index is 5.81. The molecule has 3 heteroatoms. The van der Waals surface area contributed by atoms with Gasteiger partial charge in [0.25, 0.3) is 0 Å². The monoisotopic (exact) mass is 268 g/mol. The second kappa shape index (κ2) is 7.61. The van der Waals surface area contributed by atoms with Gasteiger partial charge in [-0.05, 0) is 50.6 Å². The Morgan fingerprint density at radius 1 is 1.32 bits per heavy atom. The van der Waals surface area contributed by atoms with Crippen molar-refractivity contribution in [2.24, 2.45) is 5.41 Å². The van der Waals surface area contributed by atoms with E-state index in [-0.39, 0.29) is 0 Å². The molecule has 0 radical (unpaired) electrons.